The lowest BCUT2D eigenvalue weighted by atomic mass is 9.85. The van der Waals surface area contributed by atoms with Crippen LogP contribution in [0.25, 0.3) is 0 Å². The van der Waals surface area contributed by atoms with E-state index in [0.29, 0.717) is 0 Å². The average Bonchev–Trinajstić information content (AvgIpc) is 2.45. The average molecular weight is 334 g/mol. The van der Waals surface area contributed by atoms with Crippen molar-refractivity contribution < 1.29 is 54.3 Å². The fourth-order valence-electron chi connectivity index (χ4n) is 1.74. The van der Waals surface area contributed by atoms with Gasteiger partial charge in [0.1, 0.15) is 42.7 Å². The second-order valence-corrected chi connectivity index (χ2v) is 6.03. The molecule has 0 spiro atoms. The number of hydrogen-bond donors (Lipinski definition) is 8. The molecule has 11 nitrogen and oxygen atoms in total. The van der Waals surface area contributed by atoms with Crippen LogP contribution in [0.3, 0.4) is 0 Å². The quantitative estimate of drug-likeness (QED) is 0.218. The van der Waals surface area contributed by atoms with E-state index >= 15 is 0 Å². The van der Waals surface area contributed by atoms with Gasteiger partial charge < -0.3 is 40.6 Å². The van der Waals surface area contributed by atoms with Gasteiger partial charge in [0.25, 0.3) is 0 Å². The maximum atomic E-state index is 11.6. The molecule has 0 saturated heterocycles. The van der Waals surface area contributed by atoms with E-state index in [1.807, 2.05) is 0 Å². The maximum absolute atomic E-state index is 11.6. The Hall–Kier alpha value is -0.170. The first-order chi connectivity index (χ1) is 9.60. The minimum Gasteiger partial charge on any atom is -0.394 e. The van der Waals surface area contributed by atoms with Gasteiger partial charge in [-0.3, -0.25) is 9.05 Å². The van der Waals surface area contributed by atoms with Gasteiger partial charge in [-0.15, -0.1) is 0 Å². The summed E-state index contributed by atoms with van der Waals surface area (Å²) in [7, 11) is -4.87. The van der Waals surface area contributed by atoms with Crippen molar-refractivity contribution in [2.45, 2.75) is 42.7 Å². The van der Waals surface area contributed by atoms with Gasteiger partial charge in [-0.2, -0.15) is 0 Å². The summed E-state index contributed by atoms with van der Waals surface area (Å²) < 4.78 is 20.3. The molecular weight excluding hydrogens is 315 g/mol. The molecule has 0 amide bonds. The lowest BCUT2D eigenvalue weighted by Crippen LogP contribution is -2.64. The summed E-state index contributed by atoms with van der Waals surface area (Å²) in [6, 6.07) is 0. The van der Waals surface area contributed by atoms with E-state index in [2.05, 4.69) is 9.05 Å². The second kappa shape index (κ2) is 7.40. The third kappa shape index (κ3) is 4.65. The Bertz CT molecular complexity index is 363. The third-order valence-corrected chi connectivity index (χ3v) is 3.95. The first kappa shape index (κ1) is 18.9. The molecule has 0 radical (unpaired) electrons. The van der Waals surface area contributed by atoms with Crippen LogP contribution < -0.4 is 0 Å². The van der Waals surface area contributed by atoms with Crippen LogP contribution in [0.15, 0.2) is 0 Å². The zero-order chi connectivity index (χ0) is 16.4. The van der Waals surface area contributed by atoms with E-state index in [1.54, 1.807) is 0 Å². The van der Waals surface area contributed by atoms with Gasteiger partial charge in [0, 0.05) is 0 Å². The second-order valence-electron chi connectivity index (χ2n) is 4.62. The number of aliphatic hydroxyl groups excluding tert-OH is 7. The van der Waals surface area contributed by atoms with Gasteiger partial charge in [-0.05, 0) is 0 Å². The van der Waals surface area contributed by atoms with Crippen LogP contribution in [0.1, 0.15) is 0 Å². The zero-order valence-corrected chi connectivity index (χ0v) is 11.6. The molecule has 0 heterocycles. The van der Waals surface area contributed by atoms with Crippen LogP contribution in [-0.2, 0) is 13.6 Å². The monoisotopic (exact) mass is 334 g/mol. The van der Waals surface area contributed by atoms with E-state index in [4.69, 9.17) is 10.2 Å². The van der Waals surface area contributed by atoms with Crippen LogP contribution >= 0.6 is 7.82 Å². The molecule has 1 aliphatic carbocycles. The Kier molecular flexibility index (Phi) is 6.65. The molecule has 0 aliphatic heterocycles. The predicted octanol–water partition coefficient (Wildman–Crippen LogP) is -4.34. The summed E-state index contributed by atoms with van der Waals surface area (Å²) in [6.07, 6.45) is -13.0. The van der Waals surface area contributed by atoms with Crippen molar-refractivity contribution in [1.29, 1.82) is 0 Å². The summed E-state index contributed by atoms with van der Waals surface area (Å²) in [4.78, 5) is 9.36. The summed E-state index contributed by atoms with van der Waals surface area (Å²) >= 11 is 0. The van der Waals surface area contributed by atoms with Gasteiger partial charge in [0.15, 0.2) is 0 Å². The minimum atomic E-state index is -4.87. The topological polar surface area (TPSA) is 197 Å². The number of aliphatic hydroxyl groups is 7. The van der Waals surface area contributed by atoms with Crippen molar-refractivity contribution in [3.8, 4) is 0 Å². The molecule has 0 aromatic rings. The summed E-state index contributed by atoms with van der Waals surface area (Å²) in [6.45, 7) is -1.50. The van der Waals surface area contributed by atoms with Crippen molar-refractivity contribution >= 4 is 7.82 Å². The molecular formula is C9H19O11P. The van der Waals surface area contributed by atoms with Gasteiger partial charge in [-0.25, -0.2) is 4.57 Å². The predicted molar refractivity (Wildman–Crippen MR) is 63.8 cm³/mol. The van der Waals surface area contributed by atoms with Crippen LogP contribution in [-0.4, -0.2) is 96.6 Å². The highest BCUT2D eigenvalue weighted by atomic mass is 31.2. The van der Waals surface area contributed by atoms with E-state index in [0.717, 1.165) is 0 Å². The maximum Gasteiger partial charge on any atom is 0.472 e. The molecule has 0 bridgehead atoms. The number of phosphoric ester groups is 1. The zero-order valence-electron chi connectivity index (χ0n) is 10.7. The summed E-state index contributed by atoms with van der Waals surface area (Å²) in [5.41, 5.74) is 0. The van der Waals surface area contributed by atoms with E-state index in [-0.39, 0.29) is 0 Å². The Morgan fingerprint density at radius 2 is 1.38 bits per heavy atom. The van der Waals surface area contributed by atoms with Crippen molar-refractivity contribution in [2.24, 2.45) is 0 Å². The Labute approximate surface area is 119 Å². The number of phosphoric acid groups is 1. The van der Waals surface area contributed by atoms with Gasteiger partial charge in [0.05, 0.1) is 13.2 Å². The van der Waals surface area contributed by atoms with E-state index in [1.165, 1.54) is 0 Å². The van der Waals surface area contributed by atoms with E-state index < -0.39 is 63.8 Å². The molecule has 8 N–H and O–H groups in total. The smallest absolute Gasteiger partial charge is 0.394 e. The minimum absolute atomic E-state index is 0.738. The lowest BCUT2D eigenvalue weighted by Gasteiger charge is -2.41. The Morgan fingerprint density at radius 3 is 1.81 bits per heavy atom. The number of rotatable bonds is 6. The first-order valence-corrected chi connectivity index (χ1v) is 7.45. The molecule has 0 aromatic heterocycles. The van der Waals surface area contributed by atoms with Crippen LogP contribution in [0.5, 0.6) is 0 Å². The molecule has 0 aromatic carbocycles. The summed E-state index contributed by atoms with van der Waals surface area (Å²) in [5.74, 6) is 0. The van der Waals surface area contributed by atoms with Gasteiger partial charge in [-0.1, -0.05) is 0 Å². The highest BCUT2D eigenvalue weighted by Gasteiger charge is 2.51. The van der Waals surface area contributed by atoms with Crippen LogP contribution in [0.2, 0.25) is 0 Å². The van der Waals surface area contributed by atoms with Crippen molar-refractivity contribution in [2.75, 3.05) is 13.2 Å². The molecule has 126 valence electrons. The third-order valence-electron chi connectivity index (χ3n) is 2.97. The standard InChI is InChI=1S/C9H19O11P/c10-1-3(11)2-19-21(17,18)20-9-7(15)5(13)4(12)6(14)8(9)16/h3-16H,1-2H2,(H,17,18)/t3?,4?,5-,6+,7-,8-,9?/m1/s1. The SMILES string of the molecule is O=P(O)(OCC(O)CO)OC1[C@H](O)[C@H](O)C(O)[C@H](O)[C@H]1O. The van der Waals surface area contributed by atoms with Crippen molar-refractivity contribution in [3.63, 3.8) is 0 Å². The molecule has 1 rings (SSSR count). The van der Waals surface area contributed by atoms with Crippen LogP contribution in [0, 0.1) is 0 Å². The molecule has 1 aliphatic rings. The van der Waals surface area contributed by atoms with Gasteiger partial charge in [0.2, 0.25) is 0 Å². The fraction of sp³-hybridized carbons (Fsp3) is 1.00. The highest BCUT2D eigenvalue weighted by Crippen LogP contribution is 2.46. The fourth-order valence-corrected chi connectivity index (χ4v) is 2.72. The Balaban J connectivity index is 2.72. The molecule has 8 atom stereocenters. The summed E-state index contributed by atoms with van der Waals surface area (Å²) in [5, 5.41) is 64.8. The van der Waals surface area contributed by atoms with Crippen LogP contribution in [0.4, 0.5) is 0 Å². The molecule has 4 unspecified atom stereocenters. The van der Waals surface area contributed by atoms with Crippen molar-refractivity contribution in [3.05, 3.63) is 0 Å². The number of hydrogen-bond acceptors (Lipinski definition) is 10. The van der Waals surface area contributed by atoms with Crippen molar-refractivity contribution in [1.82, 2.24) is 0 Å². The van der Waals surface area contributed by atoms with Gasteiger partial charge >= 0.3 is 7.82 Å². The van der Waals surface area contributed by atoms with E-state index in [9.17, 15) is 35.0 Å². The highest BCUT2D eigenvalue weighted by molar-refractivity contribution is 7.47. The Morgan fingerprint density at radius 1 is 0.952 bits per heavy atom. The largest absolute Gasteiger partial charge is 0.472 e. The first-order valence-electron chi connectivity index (χ1n) is 5.95. The molecule has 12 heteroatoms. The lowest BCUT2D eigenvalue weighted by molar-refractivity contribution is -0.220. The molecule has 1 saturated carbocycles. The normalized spacial score (nSPS) is 41.5. The molecule has 1 fully saturated rings. The molecule has 21 heavy (non-hydrogen) atoms.